The summed E-state index contributed by atoms with van der Waals surface area (Å²) in [5.41, 5.74) is 0.892. The summed E-state index contributed by atoms with van der Waals surface area (Å²) < 4.78 is 0. The average molecular weight is 174 g/mol. The first-order valence-electron chi connectivity index (χ1n) is 4.39. The molecule has 0 bridgehead atoms. The molecule has 11 heavy (non-hydrogen) atoms. The average Bonchev–Trinajstić information content (AvgIpc) is 1.95. The van der Waals surface area contributed by atoms with Gasteiger partial charge in [-0.15, -0.1) is 11.6 Å². The highest BCUT2D eigenvalue weighted by atomic mass is 35.5. The zero-order valence-electron chi connectivity index (χ0n) is 7.07. The molecule has 0 aromatic carbocycles. The van der Waals surface area contributed by atoms with E-state index in [9.17, 15) is 0 Å². The van der Waals surface area contributed by atoms with Gasteiger partial charge in [0, 0.05) is 11.1 Å². The second-order valence-electron chi connectivity index (χ2n) is 3.63. The third-order valence-electron chi connectivity index (χ3n) is 2.33. The van der Waals surface area contributed by atoms with Gasteiger partial charge in [0.1, 0.15) is 0 Å². The van der Waals surface area contributed by atoms with Gasteiger partial charge in [0.05, 0.1) is 0 Å². The number of nitrogens with one attached hydrogen (secondary N) is 1. The maximum Gasteiger partial charge on any atom is 0.0339 e. The molecule has 0 radical (unpaired) electrons. The van der Waals surface area contributed by atoms with Crippen LogP contribution in [-0.4, -0.2) is 11.1 Å². The van der Waals surface area contributed by atoms with Crippen LogP contribution < -0.4 is 0 Å². The Bertz CT molecular complexity index is 144. The summed E-state index contributed by atoms with van der Waals surface area (Å²) in [6.45, 7) is 2.21. The Balaban J connectivity index is 2.40. The SMILES string of the molecule is C[C@@H]1CC[C@H](Cl)CCC(=N)C1. The van der Waals surface area contributed by atoms with Gasteiger partial charge in [-0.3, -0.25) is 0 Å². The fourth-order valence-electron chi connectivity index (χ4n) is 1.57. The smallest absolute Gasteiger partial charge is 0.0339 e. The lowest BCUT2D eigenvalue weighted by molar-refractivity contribution is 0.490. The summed E-state index contributed by atoms with van der Waals surface area (Å²) in [5, 5.41) is 7.91. The van der Waals surface area contributed by atoms with Gasteiger partial charge in [-0.25, -0.2) is 0 Å². The van der Waals surface area contributed by atoms with E-state index in [2.05, 4.69) is 6.92 Å². The molecule has 0 aliphatic heterocycles. The molecule has 0 amide bonds. The second-order valence-corrected chi connectivity index (χ2v) is 4.24. The molecule has 0 aromatic rings. The van der Waals surface area contributed by atoms with Gasteiger partial charge in [-0.1, -0.05) is 6.92 Å². The molecule has 1 saturated carbocycles. The molecular weight excluding hydrogens is 158 g/mol. The first-order chi connectivity index (χ1) is 5.18. The van der Waals surface area contributed by atoms with Gasteiger partial charge in [0.2, 0.25) is 0 Å². The Morgan fingerprint density at radius 2 is 2.09 bits per heavy atom. The monoisotopic (exact) mass is 173 g/mol. The molecular formula is C9H16ClN. The largest absolute Gasteiger partial charge is 0.310 e. The Labute approximate surface area is 73.6 Å². The summed E-state index contributed by atoms with van der Waals surface area (Å²) in [5.74, 6) is 0.670. The molecule has 0 heterocycles. The lowest BCUT2D eigenvalue weighted by Gasteiger charge is -2.18. The highest BCUT2D eigenvalue weighted by Gasteiger charge is 2.14. The first kappa shape index (κ1) is 9.05. The minimum Gasteiger partial charge on any atom is -0.310 e. The molecule has 0 unspecified atom stereocenters. The molecule has 0 saturated heterocycles. The topological polar surface area (TPSA) is 23.9 Å². The minimum atomic E-state index is 0.318. The van der Waals surface area contributed by atoms with E-state index in [0.717, 1.165) is 31.4 Å². The number of halogens is 1. The summed E-state index contributed by atoms with van der Waals surface area (Å²) in [6.07, 6.45) is 5.24. The van der Waals surface area contributed by atoms with Crippen molar-refractivity contribution in [3.05, 3.63) is 0 Å². The van der Waals surface area contributed by atoms with E-state index in [1.807, 2.05) is 0 Å². The predicted octanol–water partition coefficient (Wildman–Crippen LogP) is 3.21. The highest BCUT2D eigenvalue weighted by Crippen LogP contribution is 2.23. The maximum absolute atomic E-state index is 7.59. The van der Waals surface area contributed by atoms with Crippen molar-refractivity contribution in [2.24, 2.45) is 5.92 Å². The number of hydrogen-bond donors (Lipinski definition) is 1. The number of hydrogen-bond acceptors (Lipinski definition) is 1. The Morgan fingerprint density at radius 1 is 1.36 bits per heavy atom. The molecule has 1 N–H and O–H groups in total. The van der Waals surface area contributed by atoms with E-state index in [4.69, 9.17) is 17.0 Å². The van der Waals surface area contributed by atoms with Crippen LogP contribution in [0.2, 0.25) is 0 Å². The van der Waals surface area contributed by atoms with Crippen molar-refractivity contribution >= 4 is 17.3 Å². The minimum absolute atomic E-state index is 0.318. The number of alkyl halides is 1. The lowest BCUT2D eigenvalue weighted by Crippen LogP contribution is -2.13. The van der Waals surface area contributed by atoms with Crippen LogP contribution in [0.3, 0.4) is 0 Å². The van der Waals surface area contributed by atoms with Gasteiger partial charge in [0.15, 0.2) is 0 Å². The molecule has 1 nitrogen and oxygen atoms in total. The van der Waals surface area contributed by atoms with Gasteiger partial charge < -0.3 is 5.41 Å². The summed E-state index contributed by atoms with van der Waals surface area (Å²) in [6, 6.07) is 0. The molecule has 1 fully saturated rings. The molecule has 64 valence electrons. The fourth-order valence-corrected chi connectivity index (χ4v) is 1.80. The fraction of sp³-hybridized carbons (Fsp3) is 0.889. The summed E-state index contributed by atoms with van der Waals surface area (Å²) in [4.78, 5) is 0. The van der Waals surface area contributed by atoms with Gasteiger partial charge >= 0.3 is 0 Å². The molecule has 2 heteroatoms. The predicted molar refractivity (Wildman–Crippen MR) is 49.6 cm³/mol. The van der Waals surface area contributed by atoms with Gasteiger partial charge in [0.25, 0.3) is 0 Å². The zero-order valence-corrected chi connectivity index (χ0v) is 7.82. The van der Waals surface area contributed by atoms with Crippen LogP contribution in [0.15, 0.2) is 0 Å². The highest BCUT2D eigenvalue weighted by molar-refractivity contribution is 6.20. The normalized spacial score (nSPS) is 34.5. The van der Waals surface area contributed by atoms with Crippen molar-refractivity contribution in [3.8, 4) is 0 Å². The number of rotatable bonds is 0. The standard InChI is InChI=1S/C9H16ClN/c1-7-2-3-8(10)4-5-9(11)6-7/h7-8,11H,2-6H2,1H3/t7-,8+/m1/s1. The Hall–Kier alpha value is -0.0400. The quantitative estimate of drug-likeness (QED) is 0.544. The van der Waals surface area contributed by atoms with Crippen molar-refractivity contribution in [1.29, 1.82) is 5.41 Å². The third-order valence-corrected chi connectivity index (χ3v) is 2.76. The van der Waals surface area contributed by atoms with E-state index in [1.54, 1.807) is 0 Å². The molecule has 1 rings (SSSR count). The Morgan fingerprint density at radius 3 is 2.82 bits per heavy atom. The lowest BCUT2D eigenvalue weighted by atomic mass is 9.91. The first-order valence-corrected chi connectivity index (χ1v) is 4.82. The van der Waals surface area contributed by atoms with Crippen LogP contribution in [0.25, 0.3) is 0 Å². The van der Waals surface area contributed by atoms with Gasteiger partial charge in [-0.05, 0) is 38.0 Å². The van der Waals surface area contributed by atoms with E-state index in [0.29, 0.717) is 11.3 Å². The molecule has 2 atom stereocenters. The second kappa shape index (κ2) is 4.10. The molecule has 0 spiro atoms. The van der Waals surface area contributed by atoms with E-state index >= 15 is 0 Å². The zero-order chi connectivity index (χ0) is 8.27. The van der Waals surface area contributed by atoms with Crippen LogP contribution in [0.5, 0.6) is 0 Å². The van der Waals surface area contributed by atoms with Crippen LogP contribution in [-0.2, 0) is 0 Å². The third kappa shape index (κ3) is 3.24. The van der Waals surface area contributed by atoms with E-state index in [1.165, 1.54) is 6.42 Å². The van der Waals surface area contributed by atoms with Crippen molar-refractivity contribution in [2.45, 2.75) is 44.4 Å². The maximum atomic E-state index is 7.59. The van der Waals surface area contributed by atoms with Crippen LogP contribution in [0.1, 0.15) is 39.0 Å². The van der Waals surface area contributed by atoms with Crippen molar-refractivity contribution < 1.29 is 0 Å². The van der Waals surface area contributed by atoms with Crippen LogP contribution in [0.4, 0.5) is 0 Å². The van der Waals surface area contributed by atoms with E-state index < -0.39 is 0 Å². The molecule has 1 aliphatic carbocycles. The van der Waals surface area contributed by atoms with Crippen molar-refractivity contribution in [2.75, 3.05) is 0 Å². The molecule has 0 aromatic heterocycles. The summed E-state index contributed by atoms with van der Waals surface area (Å²) in [7, 11) is 0. The van der Waals surface area contributed by atoms with Crippen LogP contribution in [0, 0.1) is 11.3 Å². The summed E-state index contributed by atoms with van der Waals surface area (Å²) >= 11 is 6.03. The van der Waals surface area contributed by atoms with Crippen molar-refractivity contribution in [3.63, 3.8) is 0 Å². The van der Waals surface area contributed by atoms with Crippen molar-refractivity contribution in [1.82, 2.24) is 0 Å². The Kier molecular flexibility index (Phi) is 3.38. The van der Waals surface area contributed by atoms with Gasteiger partial charge in [-0.2, -0.15) is 0 Å². The van der Waals surface area contributed by atoms with E-state index in [-0.39, 0.29) is 0 Å². The van der Waals surface area contributed by atoms with Crippen LogP contribution >= 0.6 is 11.6 Å². The molecule has 1 aliphatic rings.